The number of nitrogens with one attached hydrogen (secondary N) is 1. The van der Waals surface area contributed by atoms with Crippen LogP contribution in [0.1, 0.15) is 16.1 Å². The van der Waals surface area contributed by atoms with E-state index in [0.717, 1.165) is 0 Å². The van der Waals surface area contributed by atoms with Gasteiger partial charge in [-0.2, -0.15) is 0 Å². The van der Waals surface area contributed by atoms with Crippen molar-refractivity contribution in [3.05, 3.63) is 41.6 Å². The quantitative estimate of drug-likeness (QED) is 0.897. The molecule has 0 saturated carbocycles. The molecule has 0 atom stereocenters. The zero-order valence-electron chi connectivity index (χ0n) is 11.0. The van der Waals surface area contributed by atoms with Crippen LogP contribution < -0.4 is 11.1 Å². The van der Waals surface area contributed by atoms with E-state index >= 15 is 0 Å². The van der Waals surface area contributed by atoms with Crippen molar-refractivity contribution >= 4 is 16.8 Å². The van der Waals surface area contributed by atoms with Gasteiger partial charge in [-0.3, -0.25) is 9.78 Å². The lowest BCUT2D eigenvalue weighted by Gasteiger charge is -2.15. The highest BCUT2D eigenvalue weighted by atomic mass is 19.3. The molecule has 0 radical (unpaired) electrons. The fourth-order valence-corrected chi connectivity index (χ4v) is 1.87. The molecule has 0 aliphatic carbocycles. The number of para-hydroxylation sites is 1. The summed E-state index contributed by atoms with van der Waals surface area (Å²) in [5.41, 5.74) is 6.58. The lowest BCUT2D eigenvalue weighted by Crippen LogP contribution is -2.41. The number of alkyl halides is 2. The minimum atomic E-state index is -3.10. The molecule has 1 aromatic heterocycles. The molecule has 0 aliphatic heterocycles. The van der Waals surface area contributed by atoms with Crippen molar-refractivity contribution in [2.75, 3.05) is 13.1 Å². The van der Waals surface area contributed by atoms with Gasteiger partial charge in [0.1, 0.15) is 0 Å². The summed E-state index contributed by atoms with van der Waals surface area (Å²) in [5.74, 6) is -3.66. The van der Waals surface area contributed by atoms with Crippen molar-refractivity contribution in [3.63, 3.8) is 0 Å². The molecule has 6 heteroatoms. The average Bonchev–Trinajstić information content (AvgIpc) is 2.44. The lowest BCUT2D eigenvalue weighted by molar-refractivity contribution is 0.0119. The Labute approximate surface area is 115 Å². The molecule has 2 rings (SSSR count). The second-order valence-electron chi connectivity index (χ2n) is 4.57. The monoisotopic (exact) mass is 279 g/mol. The predicted octanol–water partition coefficient (Wildman–Crippen LogP) is 1.87. The molecule has 1 heterocycles. The summed E-state index contributed by atoms with van der Waals surface area (Å²) < 4.78 is 26.1. The molecule has 0 aliphatic rings. The summed E-state index contributed by atoms with van der Waals surface area (Å²) in [5, 5.41) is 2.84. The van der Waals surface area contributed by atoms with Gasteiger partial charge in [0, 0.05) is 11.1 Å². The summed E-state index contributed by atoms with van der Waals surface area (Å²) in [6.07, 6.45) is 0. The van der Waals surface area contributed by atoms with Gasteiger partial charge in [-0.15, -0.1) is 0 Å². The van der Waals surface area contributed by atoms with E-state index in [9.17, 15) is 13.6 Å². The number of aryl methyl sites for hydroxylation is 1. The maximum absolute atomic E-state index is 13.1. The van der Waals surface area contributed by atoms with Gasteiger partial charge >= 0.3 is 0 Å². The van der Waals surface area contributed by atoms with Crippen molar-refractivity contribution in [2.24, 2.45) is 5.73 Å². The molecule has 3 N–H and O–H groups in total. The van der Waals surface area contributed by atoms with E-state index in [1.54, 1.807) is 37.3 Å². The summed E-state index contributed by atoms with van der Waals surface area (Å²) in [7, 11) is 0. The average molecular weight is 279 g/mol. The van der Waals surface area contributed by atoms with Crippen LogP contribution in [-0.2, 0) is 0 Å². The smallest absolute Gasteiger partial charge is 0.277 e. The molecule has 0 spiro atoms. The summed E-state index contributed by atoms with van der Waals surface area (Å²) in [4.78, 5) is 16.4. The van der Waals surface area contributed by atoms with Crippen LogP contribution in [-0.4, -0.2) is 29.9 Å². The SMILES string of the molecule is Cc1cc(C(=O)NCC(F)(F)CN)c2ccccc2n1. The van der Waals surface area contributed by atoms with Crippen LogP contribution in [0.2, 0.25) is 0 Å². The van der Waals surface area contributed by atoms with Crippen molar-refractivity contribution in [3.8, 4) is 0 Å². The summed E-state index contributed by atoms with van der Waals surface area (Å²) in [6.45, 7) is 0.166. The third-order valence-corrected chi connectivity index (χ3v) is 2.90. The number of hydrogen-bond acceptors (Lipinski definition) is 3. The highest BCUT2D eigenvalue weighted by molar-refractivity contribution is 6.06. The molecule has 0 unspecified atom stereocenters. The van der Waals surface area contributed by atoms with Crippen LogP contribution in [0, 0.1) is 6.92 Å². The number of nitrogens with zero attached hydrogens (tertiary/aromatic N) is 1. The summed E-state index contributed by atoms with van der Waals surface area (Å²) in [6, 6.07) is 8.66. The van der Waals surface area contributed by atoms with Gasteiger partial charge in [-0.25, -0.2) is 8.78 Å². The largest absolute Gasteiger partial charge is 0.346 e. The Morgan fingerprint density at radius 2 is 2.10 bits per heavy atom. The number of carbonyl (C=O) groups is 1. The molecular formula is C14H15F2N3O. The van der Waals surface area contributed by atoms with E-state index in [1.807, 2.05) is 0 Å². The van der Waals surface area contributed by atoms with Gasteiger partial charge in [-0.05, 0) is 19.1 Å². The van der Waals surface area contributed by atoms with Crippen molar-refractivity contribution in [1.82, 2.24) is 10.3 Å². The van der Waals surface area contributed by atoms with Gasteiger partial charge < -0.3 is 11.1 Å². The Morgan fingerprint density at radius 3 is 2.80 bits per heavy atom. The molecule has 0 fully saturated rings. The number of aromatic nitrogens is 1. The van der Waals surface area contributed by atoms with Crippen LogP contribution in [0.5, 0.6) is 0 Å². The van der Waals surface area contributed by atoms with Gasteiger partial charge in [0.05, 0.1) is 24.2 Å². The van der Waals surface area contributed by atoms with E-state index in [-0.39, 0.29) is 0 Å². The number of pyridine rings is 1. The zero-order chi connectivity index (χ0) is 14.8. The molecule has 0 bridgehead atoms. The van der Waals surface area contributed by atoms with Crippen LogP contribution in [0.3, 0.4) is 0 Å². The van der Waals surface area contributed by atoms with E-state index in [1.165, 1.54) is 0 Å². The Kier molecular flexibility index (Phi) is 3.94. The number of benzene rings is 1. The third kappa shape index (κ3) is 3.08. The lowest BCUT2D eigenvalue weighted by atomic mass is 10.1. The number of halogens is 2. The highest BCUT2D eigenvalue weighted by Gasteiger charge is 2.27. The number of amides is 1. The molecule has 1 amide bonds. The fourth-order valence-electron chi connectivity index (χ4n) is 1.87. The van der Waals surface area contributed by atoms with Gasteiger partial charge in [-0.1, -0.05) is 18.2 Å². The first-order valence-corrected chi connectivity index (χ1v) is 6.15. The fraction of sp³-hybridized carbons (Fsp3) is 0.286. The van der Waals surface area contributed by atoms with E-state index in [4.69, 9.17) is 5.73 Å². The maximum atomic E-state index is 13.1. The highest BCUT2D eigenvalue weighted by Crippen LogP contribution is 2.18. The number of hydrogen-bond donors (Lipinski definition) is 2. The van der Waals surface area contributed by atoms with Gasteiger partial charge in [0.15, 0.2) is 0 Å². The molecule has 0 saturated heterocycles. The second-order valence-corrected chi connectivity index (χ2v) is 4.57. The Balaban J connectivity index is 2.30. The van der Waals surface area contributed by atoms with Crippen molar-refractivity contribution < 1.29 is 13.6 Å². The molecule has 1 aromatic carbocycles. The topological polar surface area (TPSA) is 68.0 Å². The van der Waals surface area contributed by atoms with Crippen molar-refractivity contribution in [2.45, 2.75) is 12.8 Å². The number of rotatable bonds is 4. The first kappa shape index (κ1) is 14.3. The minimum Gasteiger partial charge on any atom is -0.346 e. The molecular weight excluding hydrogens is 264 g/mol. The Morgan fingerprint density at radius 1 is 1.40 bits per heavy atom. The van der Waals surface area contributed by atoms with Crippen LogP contribution in [0.15, 0.2) is 30.3 Å². The predicted molar refractivity (Wildman–Crippen MR) is 72.8 cm³/mol. The van der Waals surface area contributed by atoms with Crippen LogP contribution in [0.25, 0.3) is 10.9 Å². The third-order valence-electron chi connectivity index (χ3n) is 2.90. The number of carbonyl (C=O) groups excluding carboxylic acids is 1. The molecule has 20 heavy (non-hydrogen) atoms. The number of fused-ring (bicyclic) bond motifs is 1. The van der Waals surface area contributed by atoms with Gasteiger partial charge in [0.25, 0.3) is 11.8 Å². The normalized spacial score (nSPS) is 11.6. The van der Waals surface area contributed by atoms with E-state index in [0.29, 0.717) is 22.2 Å². The maximum Gasteiger partial charge on any atom is 0.277 e. The first-order chi connectivity index (χ1) is 9.43. The zero-order valence-corrected chi connectivity index (χ0v) is 11.0. The van der Waals surface area contributed by atoms with E-state index < -0.39 is 24.9 Å². The van der Waals surface area contributed by atoms with Gasteiger partial charge in [0.2, 0.25) is 0 Å². The Hall–Kier alpha value is -2.08. The van der Waals surface area contributed by atoms with Crippen LogP contribution >= 0.6 is 0 Å². The molecule has 4 nitrogen and oxygen atoms in total. The van der Waals surface area contributed by atoms with Crippen LogP contribution in [0.4, 0.5) is 8.78 Å². The number of nitrogens with two attached hydrogens (primary N) is 1. The summed E-state index contributed by atoms with van der Waals surface area (Å²) >= 11 is 0. The van der Waals surface area contributed by atoms with Crippen molar-refractivity contribution in [1.29, 1.82) is 0 Å². The Bertz CT molecular complexity index is 643. The second kappa shape index (κ2) is 5.50. The molecule has 2 aromatic rings. The first-order valence-electron chi connectivity index (χ1n) is 6.15. The van der Waals surface area contributed by atoms with E-state index in [2.05, 4.69) is 10.3 Å². The molecule has 106 valence electrons. The standard InChI is InChI=1S/C14H15F2N3O/c1-9-6-11(10-4-2-3-5-12(10)19-9)13(20)18-8-14(15,16)7-17/h2-6H,7-8,17H2,1H3,(H,18,20). The minimum absolute atomic E-state index is 0.334.